The molecule has 1 heterocycles. The Hall–Kier alpha value is -1.95. The van der Waals surface area contributed by atoms with Gasteiger partial charge in [-0.25, -0.2) is 4.68 Å². The number of fused-ring (bicyclic) bond motifs is 1. The molecule has 108 valence electrons. The average Bonchev–Trinajstić information content (AvgIpc) is 2.87. The van der Waals surface area contributed by atoms with Gasteiger partial charge in [0.15, 0.2) is 0 Å². The molecule has 0 radical (unpaired) electrons. The van der Waals surface area contributed by atoms with Gasteiger partial charge in [-0.15, -0.1) is 5.10 Å². The van der Waals surface area contributed by atoms with E-state index in [2.05, 4.69) is 34.4 Å². The molecule has 0 fully saturated rings. The lowest BCUT2D eigenvalue weighted by atomic mass is 10.3. The van der Waals surface area contributed by atoms with Gasteiger partial charge in [0.25, 0.3) is 0 Å². The molecule has 0 unspecified atom stereocenters. The number of nitrogens with zero attached hydrogens (tertiary/aromatic N) is 4. The zero-order chi connectivity index (χ0) is 14.4. The number of carbonyl (C=O) groups is 1. The minimum absolute atomic E-state index is 0.0344. The summed E-state index contributed by atoms with van der Waals surface area (Å²) < 4.78 is 1.63. The van der Waals surface area contributed by atoms with Crippen molar-refractivity contribution >= 4 is 16.9 Å². The number of hydrogen-bond acceptors (Lipinski definition) is 4. The first-order valence-electron chi connectivity index (χ1n) is 7.01. The molecule has 0 aliphatic carbocycles. The largest absolute Gasteiger partial charge is 0.353 e. The monoisotopic (exact) mass is 275 g/mol. The Balaban J connectivity index is 1.85. The summed E-state index contributed by atoms with van der Waals surface area (Å²) in [7, 11) is 0. The normalized spacial score (nSPS) is 11.2. The summed E-state index contributed by atoms with van der Waals surface area (Å²) in [6.07, 6.45) is 0. The molecule has 6 heteroatoms. The predicted octanol–water partition coefficient (Wildman–Crippen LogP) is 0.889. The third-order valence-corrected chi connectivity index (χ3v) is 3.36. The Kier molecular flexibility index (Phi) is 5.06. The maximum Gasteiger partial charge on any atom is 0.241 e. The second-order valence-corrected chi connectivity index (χ2v) is 4.61. The highest BCUT2D eigenvalue weighted by molar-refractivity contribution is 5.79. The molecular formula is C14H21N5O. The molecule has 0 bridgehead atoms. The van der Waals surface area contributed by atoms with E-state index in [0.29, 0.717) is 6.54 Å². The first-order valence-corrected chi connectivity index (χ1v) is 7.01. The summed E-state index contributed by atoms with van der Waals surface area (Å²) in [5.74, 6) is -0.0344. The number of amides is 1. The molecule has 2 rings (SSSR count). The third-order valence-electron chi connectivity index (χ3n) is 3.36. The smallest absolute Gasteiger partial charge is 0.241 e. The van der Waals surface area contributed by atoms with E-state index in [4.69, 9.17) is 0 Å². The van der Waals surface area contributed by atoms with E-state index in [-0.39, 0.29) is 12.5 Å². The van der Waals surface area contributed by atoms with Gasteiger partial charge in [0.1, 0.15) is 12.1 Å². The molecule has 0 aliphatic rings. The van der Waals surface area contributed by atoms with E-state index in [1.54, 1.807) is 4.68 Å². The highest BCUT2D eigenvalue weighted by Gasteiger charge is 2.08. The Morgan fingerprint density at radius 3 is 2.80 bits per heavy atom. The van der Waals surface area contributed by atoms with E-state index in [9.17, 15) is 4.79 Å². The quantitative estimate of drug-likeness (QED) is 0.815. The second-order valence-electron chi connectivity index (χ2n) is 4.61. The van der Waals surface area contributed by atoms with Crippen molar-refractivity contribution in [1.29, 1.82) is 0 Å². The zero-order valence-electron chi connectivity index (χ0n) is 12.0. The van der Waals surface area contributed by atoms with Gasteiger partial charge in [-0.1, -0.05) is 31.2 Å². The lowest BCUT2D eigenvalue weighted by Crippen LogP contribution is -2.36. The molecule has 0 aliphatic heterocycles. The fourth-order valence-electron chi connectivity index (χ4n) is 2.12. The predicted molar refractivity (Wildman–Crippen MR) is 78.3 cm³/mol. The van der Waals surface area contributed by atoms with Gasteiger partial charge in [-0.05, 0) is 25.2 Å². The molecule has 0 saturated carbocycles. The van der Waals surface area contributed by atoms with Crippen LogP contribution in [0, 0.1) is 0 Å². The Labute approximate surface area is 118 Å². The highest BCUT2D eigenvalue weighted by Crippen LogP contribution is 2.08. The first kappa shape index (κ1) is 14.5. The third kappa shape index (κ3) is 3.54. The zero-order valence-corrected chi connectivity index (χ0v) is 12.0. The van der Waals surface area contributed by atoms with Crippen molar-refractivity contribution in [3.05, 3.63) is 24.3 Å². The van der Waals surface area contributed by atoms with Crippen molar-refractivity contribution in [3.8, 4) is 0 Å². The SMILES string of the molecule is CCN(CC)CCNC(=O)Cn1nnc2ccccc21. The summed E-state index contributed by atoms with van der Waals surface area (Å²) in [5.41, 5.74) is 1.69. The summed E-state index contributed by atoms with van der Waals surface area (Å²) in [6.45, 7) is 7.97. The topological polar surface area (TPSA) is 63.1 Å². The van der Waals surface area contributed by atoms with Crippen LogP contribution in [-0.2, 0) is 11.3 Å². The molecule has 0 saturated heterocycles. The molecule has 2 aromatic rings. The van der Waals surface area contributed by atoms with E-state index in [0.717, 1.165) is 30.7 Å². The molecule has 1 amide bonds. The van der Waals surface area contributed by atoms with Gasteiger partial charge in [0.2, 0.25) is 5.91 Å². The molecule has 1 aromatic heterocycles. The van der Waals surface area contributed by atoms with E-state index >= 15 is 0 Å². The van der Waals surface area contributed by atoms with Crippen LogP contribution in [0.3, 0.4) is 0 Å². The minimum Gasteiger partial charge on any atom is -0.353 e. The highest BCUT2D eigenvalue weighted by atomic mass is 16.2. The van der Waals surface area contributed by atoms with Crippen LogP contribution in [0.5, 0.6) is 0 Å². The number of aromatic nitrogens is 3. The maximum atomic E-state index is 11.9. The van der Waals surface area contributed by atoms with Crippen molar-refractivity contribution in [2.75, 3.05) is 26.2 Å². The summed E-state index contributed by atoms with van der Waals surface area (Å²) in [4.78, 5) is 14.2. The molecule has 0 atom stereocenters. The molecule has 1 N–H and O–H groups in total. The fourth-order valence-corrected chi connectivity index (χ4v) is 2.12. The molecule has 20 heavy (non-hydrogen) atoms. The van der Waals surface area contributed by atoms with Crippen LogP contribution < -0.4 is 5.32 Å². The van der Waals surface area contributed by atoms with Crippen LogP contribution >= 0.6 is 0 Å². The van der Waals surface area contributed by atoms with E-state index < -0.39 is 0 Å². The van der Waals surface area contributed by atoms with Crippen molar-refractivity contribution < 1.29 is 4.79 Å². The van der Waals surface area contributed by atoms with Crippen LogP contribution in [0.4, 0.5) is 0 Å². The van der Waals surface area contributed by atoms with Gasteiger partial charge in [-0.2, -0.15) is 0 Å². The number of rotatable bonds is 7. The lowest BCUT2D eigenvalue weighted by molar-refractivity contribution is -0.121. The molecule has 6 nitrogen and oxygen atoms in total. The maximum absolute atomic E-state index is 11.9. The number of likely N-dealkylation sites (N-methyl/N-ethyl adjacent to an activating group) is 1. The first-order chi connectivity index (χ1) is 9.74. The Bertz CT molecular complexity index is 561. The van der Waals surface area contributed by atoms with Crippen LogP contribution in [0.1, 0.15) is 13.8 Å². The summed E-state index contributed by atoms with van der Waals surface area (Å²) in [5, 5.41) is 11.0. The van der Waals surface area contributed by atoms with Gasteiger partial charge in [-0.3, -0.25) is 4.79 Å². The Morgan fingerprint density at radius 1 is 1.30 bits per heavy atom. The molecular weight excluding hydrogens is 254 g/mol. The average molecular weight is 275 g/mol. The Morgan fingerprint density at radius 2 is 2.05 bits per heavy atom. The van der Waals surface area contributed by atoms with Gasteiger partial charge in [0, 0.05) is 13.1 Å². The van der Waals surface area contributed by atoms with Crippen LogP contribution in [0.15, 0.2) is 24.3 Å². The van der Waals surface area contributed by atoms with Crippen molar-refractivity contribution in [3.63, 3.8) is 0 Å². The summed E-state index contributed by atoms with van der Waals surface area (Å²) >= 11 is 0. The van der Waals surface area contributed by atoms with E-state index in [1.807, 2.05) is 24.3 Å². The van der Waals surface area contributed by atoms with Crippen molar-refractivity contribution in [2.45, 2.75) is 20.4 Å². The van der Waals surface area contributed by atoms with Crippen LogP contribution in [0.25, 0.3) is 11.0 Å². The minimum atomic E-state index is -0.0344. The van der Waals surface area contributed by atoms with Crippen molar-refractivity contribution in [2.24, 2.45) is 0 Å². The number of carbonyl (C=O) groups excluding carboxylic acids is 1. The number of para-hydroxylation sites is 1. The second kappa shape index (κ2) is 7.00. The number of benzene rings is 1. The van der Waals surface area contributed by atoms with Gasteiger partial charge in [0.05, 0.1) is 5.52 Å². The molecule has 0 spiro atoms. The number of hydrogen-bond donors (Lipinski definition) is 1. The lowest BCUT2D eigenvalue weighted by Gasteiger charge is -2.17. The standard InChI is InChI=1S/C14H21N5O/c1-3-18(4-2)10-9-15-14(20)11-19-13-8-6-5-7-12(13)16-17-19/h5-8H,3-4,9-11H2,1-2H3,(H,15,20). The molecule has 1 aromatic carbocycles. The van der Waals surface area contributed by atoms with Crippen LogP contribution in [-0.4, -0.2) is 52.0 Å². The summed E-state index contributed by atoms with van der Waals surface area (Å²) in [6, 6.07) is 7.63. The van der Waals surface area contributed by atoms with Crippen LogP contribution in [0.2, 0.25) is 0 Å². The van der Waals surface area contributed by atoms with E-state index in [1.165, 1.54) is 0 Å². The fraction of sp³-hybridized carbons (Fsp3) is 0.500. The van der Waals surface area contributed by atoms with Crippen molar-refractivity contribution in [1.82, 2.24) is 25.2 Å². The van der Waals surface area contributed by atoms with Gasteiger partial charge >= 0.3 is 0 Å². The van der Waals surface area contributed by atoms with Gasteiger partial charge < -0.3 is 10.2 Å². The number of nitrogens with one attached hydrogen (secondary N) is 1.